The largest absolute Gasteiger partial charge is 0.393 e. The van der Waals surface area contributed by atoms with E-state index in [-0.39, 0.29) is 17.3 Å². The zero-order chi connectivity index (χ0) is 12.7. The van der Waals surface area contributed by atoms with Crippen LogP contribution in [0.15, 0.2) is 24.3 Å². The number of unbranched alkanes of at least 4 members (excludes halogenated alkanes) is 1. The number of hydrogen-bond donors (Lipinski definition) is 2. The van der Waals surface area contributed by atoms with Crippen LogP contribution in [-0.2, 0) is 11.2 Å². The van der Waals surface area contributed by atoms with E-state index < -0.39 is 0 Å². The average Bonchev–Trinajstić information content (AvgIpc) is 2.27. The number of hydrogen-bond acceptors (Lipinski definition) is 2. The molecule has 3 nitrogen and oxygen atoms in total. The van der Waals surface area contributed by atoms with Crippen LogP contribution in [-0.4, -0.2) is 10.9 Å². The molecule has 1 aromatic carbocycles. The molecule has 3 N–H and O–H groups in total. The van der Waals surface area contributed by atoms with E-state index >= 15 is 0 Å². The third-order valence-corrected chi connectivity index (χ3v) is 2.54. The van der Waals surface area contributed by atoms with Crippen molar-refractivity contribution in [3.05, 3.63) is 29.8 Å². The van der Waals surface area contributed by atoms with E-state index in [9.17, 15) is 4.79 Å². The summed E-state index contributed by atoms with van der Waals surface area (Å²) >= 11 is 4.67. The van der Waals surface area contributed by atoms with Gasteiger partial charge in [-0.3, -0.25) is 4.79 Å². The van der Waals surface area contributed by atoms with E-state index in [1.807, 2.05) is 24.3 Å². The molecule has 1 aromatic rings. The normalized spacial score (nSPS) is 9.94. The summed E-state index contributed by atoms with van der Waals surface area (Å²) in [4.78, 5) is 11.6. The number of rotatable bonds is 6. The van der Waals surface area contributed by atoms with Gasteiger partial charge in [-0.1, -0.05) is 37.7 Å². The Morgan fingerprint density at radius 3 is 2.53 bits per heavy atom. The molecule has 0 fully saturated rings. The first-order valence-corrected chi connectivity index (χ1v) is 6.19. The fourth-order valence-electron chi connectivity index (χ4n) is 1.50. The summed E-state index contributed by atoms with van der Waals surface area (Å²) in [6, 6.07) is 7.88. The number of amides is 1. The van der Waals surface area contributed by atoms with Gasteiger partial charge in [-0.25, -0.2) is 0 Å². The Labute approximate surface area is 107 Å². The van der Waals surface area contributed by atoms with Gasteiger partial charge in [0.25, 0.3) is 0 Å². The van der Waals surface area contributed by atoms with E-state index in [1.165, 1.54) is 18.4 Å². The summed E-state index contributed by atoms with van der Waals surface area (Å²) < 4.78 is 0. The van der Waals surface area contributed by atoms with Crippen molar-refractivity contribution in [2.75, 3.05) is 5.32 Å². The first kappa shape index (κ1) is 13.6. The average molecular weight is 250 g/mol. The SMILES string of the molecule is CCCCc1ccc(NC(=O)CC(N)=S)cc1. The zero-order valence-electron chi connectivity index (χ0n) is 10.0. The fraction of sp³-hybridized carbons (Fsp3) is 0.385. The lowest BCUT2D eigenvalue weighted by Crippen LogP contribution is -2.20. The summed E-state index contributed by atoms with van der Waals surface area (Å²) in [6.45, 7) is 2.17. The van der Waals surface area contributed by atoms with Gasteiger partial charge < -0.3 is 11.1 Å². The minimum Gasteiger partial charge on any atom is -0.393 e. The van der Waals surface area contributed by atoms with Crippen molar-refractivity contribution in [3.63, 3.8) is 0 Å². The molecule has 0 aliphatic heterocycles. The quantitative estimate of drug-likeness (QED) is 0.763. The lowest BCUT2D eigenvalue weighted by molar-refractivity contribution is -0.115. The maximum Gasteiger partial charge on any atom is 0.231 e. The van der Waals surface area contributed by atoms with Crippen molar-refractivity contribution in [2.24, 2.45) is 5.73 Å². The molecule has 17 heavy (non-hydrogen) atoms. The Morgan fingerprint density at radius 1 is 1.35 bits per heavy atom. The molecule has 0 aliphatic rings. The fourth-order valence-corrected chi connectivity index (χ4v) is 1.63. The summed E-state index contributed by atoms with van der Waals surface area (Å²) in [5, 5.41) is 2.75. The lowest BCUT2D eigenvalue weighted by atomic mass is 10.1. The number of anilines is 1. The molecule has 4 heteroatoms. The number of nitrogens with one attached hydrogen (secondary N) is 1. The van der Waals surface area contributed by atoms with Gasteiger partial charge in [-0.05, 0) is 30.5 Å². The van der Waals surface area contributed by atoms with E-state index in [2.05, 4.69) is 24.5 Å². The maximum absolute atomic E-state index is 11.4. The van der Waals surface area contributed by atoms with E-state index in [1.54, 1.807) is 0 Å². The minimum atomic E-state index is -0.168. The van der Waals surface area contributed by atoms with Crippen molar-refractivity contribution in [3.8, 4) is 0 Å². The Hall–Kier alpha value is -1.42. The van der Waals surface area contributed by atoms with E-state index in [4.69, 9.17) is 5.73 Å². The maximum atomic E-state index is 11.4. The summed E-state index contributed by atoms with van der Waals surface area (Å²) in [5.74, 6) is -0.168. The summed E-state index contributed by atoms with van der Waals surface area (Å²) in [7, 11) is 0. The standard InChI is InChI=1S/C13H18N2OS/c1-2-3-4-10-5-7-11(8-6-10)15-13(16)9-12(14)17/h5-8H,2-4,9H2,1H3,(H2,14,17)(H,15,16). The summed E-state index contributed by atoms with van der Waals surface area (Å²) in [6.07, 6.45) is 3.55. The van der Waals surface area contributed by atoms with E-state index in [0.29, 0.717) is 0 Å². The van der Waals surface area contributed by atoms with E-state index in [0.717, 1.165) is 12.1 Å². The first-order chi connectivity index (χ1) is 8.11. The van der Waals surface area contributed by atoms with Crippen molar-refractivity contribution >= 4 is 28.8 Å². The molecule has 0 atom stereocenters. The molecule has 0 saturated carbocycles. The lowest BCUT2D eigenvalue weighted by Gasteiger charge is -2.05. The molecule has 0 heterocycles. The van der Waals surface area contributed by atoms with Crippen molar-refractivity contribution in [2.45, 2.75) is 32.6 Å². The third kappa shape index (κ3) is 5.45. The highest BCUT2D eigenvalue weighted by Gasteiger charge is 2.03. The first-order valence-electron chi connectivity index (χ1n) is 5.79. The number of nitrogens with two attached hydrogens (primary N) is 1. The molecule has 0 aliphatic carbocycles. The van der Waals surface area contributed by atoms with Crippen LogP contribution in [0.25, 0.3) is 0 Å². The minimum absolute atomic E-state index is 0.0902. The second kappa shape index (κ2) is 7.01. The molecular formula is C13H18N2OS. The van der Waals surface area contributed by atoms with Gasteiger partial charge >= 0.3 is 0 Å². The predicted octanol–water partition coefficient (Wildman–Crippen LogP) is 2.64. The highest BCUT2D eigenvalue weighted by Crippen LogP contribution is 2.12. The van der Waals surface area contributed by atoms with Crippen LogP contribution in [0.5, 0.6) is 0 Å². The number of benzene rings is 1. The van der Waals surface area contributed by atoms with Crippen LogP contribution in [0.4, 0.5) is 5.69 Å². The van der Waals surface area contributed by atoms with Crippen molar-refractivity contribution < 1.29 is 4.79 Å². The number of carbonyl (C=O) groups excluding carboxylic acids is 1. The van der Waals surface area contributed by atoms with Crippen LogP contribution in [0.1, 0.15) is 31.7 Å². The van der Waals surface area contributed by atoms with Gasteiger partial charge in [-0.15, -0.1) is 0 Å². The van der Waals surface area contributed by atoms with Gasteiger partial charge in [0.2, 0.25) is 5.91 Å². The van der Waals surface area contributed by atoms with Gasteiger partial charge in [0, 0.05) is 5.69 Å². The van der Waals surface area contributed by atoms with Crippen molar-refractivity contribution in [1.82, 2.24) is 0 Å². The molecule has 92 valence electrons. The molecule has 0 aromatic heterocycles. The Morgan fingerprint density at radius 2 is 2.00 bits per heavy atom. The molecule has 1 amide bonds. The van der Waals surface area contributed by atoms with Crippen LogP contribution >= 0.6 is 12.2 Å². The Balaban J connectivity index is 2.50. The van der Waals surface area contributed by atoms with Crippen LogP contribution in [0, 0.1) is 0 Å². The zero-order valence-corrected chi connectivity index (χ0v) is 10.8. The molecule has 0 saturated heterocycles. The van der Waals surface area contributed by atoms with Gasteiger partial charge in [-0.2, -0.15) is 0 Å². The molecule has 0 unspecified atom stereocenters. The number of thiocarbonyl (C=S) groups is 1. The van der Waals surface area contributed by atoms with Crippen LogP contribution in [0.2, 0.25) is 0 Å². The highest BCUT2D eigenvalue weighted by molar-refractivity contribution is 7.80. The molecule has 1 rings (SSSR count). The van der Waals surface area contributed by atoms with Gasteiger partial charge in [0.05, 0.1) is 11.4 Å². The smallest absolute Gasteiger partial charge is 0.231 e. The molecule has 0 spiro atoms. The number of aryl methyl sites for hydroxylation is 1. The van der Waals surface area contributed by atoms with Crippen LogP contribution in [0.3, 0.4) is 0 Å². The molecule has 0 bridgehead atoms. The monoisotopic (exact) mass is 250 g/mol. The highest BCUT2D eigenvalue weighted by atomic mass is 32.1. The third-order valence-electron chi connectivity index (χ3n) is 2.39. The second-order valence-electron chi connectivity index (χ2n) is 3.99. The van der Waals surface area contributed by atoms with Crippen LogP contribution < -0.4 is 11.1 Å². The van der Waals surface area contributed by atoms with Gasteiger partial charge in [0.1, 0.15) is 0 Å². The Kier molecular flexibility index (Phi) is 5.63. The summed E-state index contributed by atoms with van der Waals surface area (Å²) in [5.41, 5.74) is 7.37. The molecular weight excluding hydrogens is 232 g/mol. The van der Waals surface area contributed by atoms with Gasteiger partial charge in [0.15, 0.2) is 0 Å². The molecule has 0 radical (unpaired) electrons. The second-order valence-corrected chi connectivity index (χ2v) is 4.52. The Bertz CT molecular complexity index is 387. The van der Waals surface area contributed by atoms with Crippen molar-refractivity contribution in [1.29, 1.82) is 0 Å². The number of carbonyl (C=O) groups is 1. The predicted molar refractivity (Wildman–Crippen MR) is 75.1 cm³/mol. The topological polar surface area (TPSA) is 55.1 Å².